The van der Waals surface area contributed by atoms with Gasteiger partial charge in [0.1, 0.15) is 0 Å². The van der Waals surface area contributed by atoms with Gasteiger partial charge in [0.2, 0.25) is 0 Å². The van der Waals surface area contributed by atoms with Crippen molar-refractivity contribution in [3.63, 3.8) is 0 Å². The van der Waals surface area contributed by atoms with Crippen molar-refractivity contribution in [2.24, 2.45) is 0 Å². The maximum absolute atomic E-state index is 6.08. The second kappa shape index (κ2) is 6.03. The third-order valence-electron chi connectivity index (χ3n) is 3.12. The van der Waals surface area contributed by atoms with Crippen LogP contribution in [0.3, 0.4) is 0 Å². The van der Waals surface area contributed by atoms with E-state index in [4.69, 9.17) is 11.6 Å². The number of likely N-dealkylation sites (tertiary alicyclic amines) is 1. The minimum Gasteiger partial charge on any atom is -0.380 e. The van der Waals surface area contributed by atoms with Crippen LogP contribution in [0.4, 0.5) is 5.69 Å². The summed E-state index contributed by atoms with van der Waals surface area (Å²) in [6, 6.07) is 2.48. The fourth-order valence-electron chi connectivity index (χ4n) is 2.13. The molecule has 1 N–H and O–H groups in total. The first-order chi connectivity index (χ1) is 8.15. The van der Waals surface area contributed by atoms with Crippen LogP contribution in [0.2, 0.25) is 5.15 Å². The van der Waals surface area contributed by atoms with E-state index >= 15 is 0 Å². The highest BCUT2D eigenvalue weighted by atomic mass is 79.9. The smallest absolute Gasteiger partial charge is 0.152 e. The van der Waals surface area contributed by atoms with Crippen molar-refractivity contribution < 1.29 is 0 Å². The Hall–Kier alpha value is -0.320. The van der Waals surface area contributed by atoms with Gasteiger partial charge >= 0.3 is 0 Å². The first-order valence-corrected chi connectivity index (χ1v) is 7.08. The molecule has 17 heavy (non-hydrogen) atoms. The monoisotopic (exact) mass is 317 g/mol. The molecule has 5 heteroatoms. The van der Waals surface area contributed by atoms with Gasteiger partial charge in [-0.05, 0) is 61.4 Å². The normalized spacial score (nSPS) is 22.2. The van der Waals surface area contributed by atoms with Crippen LogP contribution in [0, 0.1) is 0 Å². The number of rotatable bonds is 2. The minimum atomic E-state index is 0.494. The molecule has 1 aliphatic rings. The number of aromatic nitrogens is 1. The average molecular weight is 319 g/mol. The predicted molar refractivity (Wildman–Crippen MR) is 75.7 cm³/mol. The Bertz CT molecular complexity index is 386. The number of anilines is 1. The molecule has 2 heterocycles. The molecule has 94 valence electrons. The number of nitrogens with zero attached hydrogens (tertiary/aromatic N) is 2. The molecule has 2 rings (SSSR count). The number of halogens is 2. The largest absolute Gasteiger partial charge is 0.380 e. The number of pyridine rings is 1. The van der Waals surface area contributed by atoms with Crippen molar-refractivity contribution in [1.82, 2.24) is 9.88 Å². The minimum absolute atomic E-state index is 0.494. The summed E-state index contributed by atoms with van der Waals surface area (Å²) in [4.78, 5) is 6.51. The summed E-state index contributed by atoms with van der Waals surface area (Å²) in [6.07, 6.45) is 5.29. The summed E-state index contributed by atoms with van der Waals surface area (Å²) in [5.41, 5.74) is 0.926. The SMILES string of the molecule is CN1CCCC(Nc2cc(Br)cnc2Cl)CC1. The molecule has 0 saturated carbocycles. The van der Waals surface area contributed by atoms with Gasteiger partial charge in [0.05, 0.1) is 5.69 Å². The first kappa shape index (κ1) is 13.1. The van der Waals surface area contributed by atoms with Gasteiger partial charge < -0.3 is 10.2 Å². The molecular weight excluding hydrogens is 302 g/mol. The highest BCUT2D eigenvalue weighted by Gasteiger charge is 2.15. The van der Waals surface area contributed by atoms with E-state index in [0.29, 0.717) is 11.2 Å². The lowest BCUT2D eigenvalue weighted by atomic mass is 10.1. The van der Waals surface area contributed by atoms with E-state index in [2.05, 4.69) is 38.2 Å². The molecular formula is C12H17BrClN3. The van der Waals surface area contributed by atoms with E-state index in [0.717, 1.165) is 23.1 Å². The van der Waals surface area contributed by atoms with Crippen LogP contribution in [0.25, 0.3) is 0 Å². The molecule has 0 spiro atoms. The quantitative estimate of drug-likeness (QED) is 0.847. The summed E-state index contributed by atoms with van der Waals surface area (Å²) in [5, 5.41) is 4.05. The molecule has 1 aromatic heterocycles. The third-order valence-corrected chi connectivity index (χ3v) is 3.85. The van der Waals surface area contributed by atoms with Gasteiger partial charge in [-0.15, -0.1) is 0 Å². The van der Waals surface area contributed by atoms with Crippen LogP contribution in [0.5, 0.6) is 0 Å². The average Bonchev–Trinajstić information content (AvgIpc) is 2.49. The van der Waals surface area contributed by atoms with Gasteiger partial charge in [0.25, 0.3) is 0 Å². The fourth-order valence-corrected chi connectivity index (χ4v) is 2.62. The Balaban J connectivity index is 2.02. The molecule has 1 atom stereocenters. The van der Waals surface area contributed by atoms with E-state index in [1.807, 2.05) is 6.07 Å². The van der Waals surface area contributed by atoms with Gasteiger partial charge in [0.15, 0.2) is 5.15 Å². The summed E-state index contributed by atoms with van der Waals surface area (Å²) in [6.45, 7) is 2.32. The molecule has 1 saturated heterocycles. The number of hydrogen-bond donors (Lipinski definition) is 1. The molecule has 3 nitrogen and oxygen atoms in total. The highest BCUT2D eigenvalue weighted by molar-refractivity contribution is 9.10. The van der Waals surface area contributed by atoms with E-state index in [1.54, 1.807) is 6.20 Å². The van der Waals surface area contributed by atoms with E-state index < -0.39 is 0 Å². The van der Waals surface area contributed by atoms with Crippen LogP contribution >= 0.6 is 27.5 Å². The number of hydrogen-bond acceptors (Lipinski definition) is 3. The lowest BCUT2D eigenvalue weighted by molar-refractivity contribution is 0.348. The molecule has 0 radical (unpaired) electrons. The zero-order valence-electron chi connectivity index (χ0n) is 9.92. The summed E-state index contributed by atoms with van der Waals surface area (Å²) in [7, 11) is 2.18. The molecule has 0 aromatic carbocycles. The summed E-state index contributed by atoms with van der Waals surface area (Å²) >= 11 is 9.50. The Labute approximate surface area is 116 Å². The molecule has 1 aromatic rings. The molecule has 0 aliphatic carbocycles. The highest BCUT2D eigenvalue weighted by Crippen LogP contribution is 2.25. The lowest BCUT2D eigenvalue weighted by Crippen LogP contribution is -2.23. The van der Waals surface area contributed by atoms with Gasteiger partial charge in [-0.1, -0.05) is 11.6 Å². The molecule has 1 fully saturated rings. The Morgan fingerprint density at radius 2 is 2.29 bits per heavy atom. The van der Waals surface area contributed by atoms with Gasteiger partial charge in [-0.25, -0.2) is 4.98 Å². The van der Waals surface area contributed by atoms with E-state index in [-0.39, 0.29) is 0 Å². The lowest BCUT2D eigenvalue weighted by Gasteiger charge is -2.18. The zero-order valence-corrected chi connectivity index (χ0v) is 12.3. The third kappa shape index (κ3) is 3.83. The van der Waals surface area contributed by atoms with Crippen LogP contribution in [-0.4, -0.2) is 36.1 Å². The van der Waals surface area contributed by atoms with Crippen molar-refractivity contribution in [2.45, 2.75) is 25.3 Å². The zero-order chi connectivity index (χ0) is 12.3. The van der Waals surface area contributed by atoms with E-state index in [9.17, 15) is 0 Å². The summed E-state index contributed by atoms with van der Waals surface area (Å²) < 4.78 is 0.954. The van der Waals surface area contributed by atoms with Gasteiger partial charge in [-0.3, -0.25) is 0 Å². The Morgan fingerprint density at radius 1 is 1.47 bits per heavy atom. The number of nitrogens with one attached hydrogen (secondary N) is 1. The Morgan fingerprint density at radius 3 is 3.12 bits per heavy atom. The predicted octanol–water partition coefficient (Wildman–Crippen LogP) is 3.39. The van der Waals surface area contributed by atoms with Crippen LogP contribution in [0.1, 0.15) is 19.3 Å². The van der Waals surface area contributed by atoms with Crippen LogP contribution in [0.15, 0.2) is 16.7 Å². The van der Waals surface area contributed by atoms with Crippen molar-refractivity contribution in [3.05, 3.63) is 21.9 Å². The van der Waals surface area contributed by atoms with Crippen molar-refractivity contribution in [1.29, 1.82) is 0 Å². The standard InChI is InChI=1S/C12H17BrClN3/c1-17-5-2-3-10(4-6-17)16-11-7-9(13)8-15-12(11)14/h7-8,10,16H,2-6H2,1H3. The van der Waals surface area contributed by atoms with Crippen molar-refractivity contribution >= 4 is 33.2 Å². The topological polar surface area (TPSA) is 28.2 Å². The van der Waals surface area contributed by atoms with Gasteiger partial charge in [-0.2, -0.15) is 0 Å². The first-order valence-electron chi connectivity index (χ1n) is 5.91. The molecule has 1 aliphatic heterocycles. The molecule has 0 bridgehead atoms. The van der Waals surface area contributed by atoms with Crippen molar-refractivity contribution in [2.75, 3.05) is 25.5 Å². The van der Waals surface area contributed by atoms with Gasteiger partial charge in [0, 0.05) is 16.7 Å². The second-order valence-electron chi connectivity index (χ2n) is 4.57. The maximum atomic E-state index is 6.08. The summed E-state index contributed by atoms with van der Waals surface area (Å²) in [5.74, 6) is 0. The maximum Gasteiger partial charge on any atom is 0.152 e. The second-order valence-corrected chi connectivity index (χ2v) is 5.84. The van der Waals surface area contributed by atoms with Crippen LogP contribution in [-0.2, 0) is 0 Å². The van der Waals surface area contributed by atoms with E-state index in [1.165, 1.54) is 19.4 Å². The van der Waals surface area contributed by atoms with Crippen LogP contribution < -0.4 is 5.32 Å². The van der Waals surface area contributed by atoms with Crippen molar-refractivity contribution in [3.8, 4) is 0 Å². The molecule has 0 amide bonds. The Kier molecular flexibility index (Phi) is 4.65. The molecule has 1 unspecified atom stereocenters. The fraction of sp³-hybridized carbons (Fsp3) is 0.583.